The first-order valence-corrected chi connectivity index (χ1v) is 17.6. The quantitative estimate of drug-likeness (QED) is 0.156. The minimum Gasteiger partial charge on any atom is -0.399 e. The first-order chi connectivity index (χ1) is 17.7. The molecule has 1 fully saturated rings. The second-order valence-electron chi connectivity index (χ2n) is 10.2. The van der Waals surface area contributed by atoms with Gasteiger partial charge in [0.2, 0.25) is 5.91 Å². The summed E-state index contributed by atoms with van der Waals surface area (Å²) in [6.07, 6.45) is 20.9. The van der Waals surface area contributed by atoms with Crippen LogP contribution in [-0.4, -0.2) is 34.2 Å². The molecule has 0 radical (unpaired) electrons. The van der Waals surface area contributed by atoms with Crippen LogP contribution in [0.4, 0.5) is 5.69 Å². The SMILES string of the molecule is CCCCCCCCCCCCCCCCCC(=O)NS(=O)(=O)c1ccc(N)cc1.O=S1(=O)CCCC1. The number of unbranched alkanes of at least 4 members (excludes halogenated alkanes) is 14. The van der Waals surface area contributed by atoms with Crippen molar-refractivity contribution in [2.45, 2.75) is 127 Å². The van der Waals surface area contributed by atoms with Gasteiger partial charge in [-0.1, -0.05) is 96.8 Å². The molecule has 7 nitrogen and oxygen atoms in total. The average molecular weight is 559 g/mol. The van der Waals surface area contributed by atoms with Crippen LogP contribution in [0.3, 0.4) is 0 Å². The molecule has 1 aromatic rings. The van der Waals surface area contributed by atoms with Gasteiger partial charge in [-0.25, -0.2) is 21.6 Å². The predicted octanol–water partition coefficient (Wildman–Crippen LogP) is 6.53. The van der Waals surface area contributed by atoms with Crippen LogP contribution >= 0.6 is 0 Å². The first-order valence-electron chi connectivity index (χ1n) is 14.3. The van der Waals surface area contributed by atoms with Gasteiger partial charge in [0.15, 0.2) is 0 Å². The number of benzene rings is 1. The molecule has 0 aliphatic carbocycles. The number of nitrogens with one attached hydrogen (secondary N) is 1. The summed E-state index contributed by atoms with van der Waals surface area (Å²) in [5.41, 5.74) is 6.04. The second kappa shape index (κ2) is 19.5. The minimum absolute atomic E-state index is 0.0570. The van der Waals surface area contributed by atoms with E-state index in [0.29, 0.717) is 17.2 Å². The van der Waals surface area contributed by atoms with E-state index < -0.39 is 25.8 Å². The maximum atomic E-state index is 12.1. The molecule has 214 valence electrons. The van der Waals surface area contributed by atoms with E-state index in [4.69, 9.17) is 5.73 Å². The molecule has 0 aromatic heterocycles. The van der Waals surface area contributed by atoms with Crippen molar-refractivity contribution in [1.29, 1.82) is 0 Å². The van der Waals surface area contributed by atoms with E-state index >= 15 is 0 Å². The lowest BCUT2D eigenvalue weighted by Gasteiger charge is -2.07. The number of sulfonamides is 1. The maximum Gasteiger partial charge on any atom is 0.264 e. The van der Waals surface area contributed by atoms with Gasteiger partial charge in [-0.15, -0.1) is 0 Å². The summed E-state index contributed by atoms with van der Waals surface area (Å²) >= 11 is 0. The summed E-state index contributed by atoms with van der Waals surface area (Å²) in [6, 6.07) is 5.82. The van der Waals surface area contributed by atoms with Crippen LogP contribution in [0.25, 0.3) is 0 Å². The van der Waals surface area contributed by atoms with Gasteiger partial charge in [0.05, 0.1) is 16.4 Å². The fourth-order valence-electron chi connectivity index (χ4n) is 4.31. The van der Waals surface area contributed by atoms with Crippen molar-refractivity contribution in [1.82, 2.24) is 4.72 Å². The number of hydrogen-bond donors (Lipinski definition) is 2. The van der Waals surface area contributed by atoms with Gasteiger partial charge in [0, 0.05) is 12.1 Å². The Labute approximate surface area is 226 Å². The van der Waals surface area contributed by atoms with Crippen LogP contribution in [0.5, 0.6) is 0 Å². The van der Waals surface area contributed by atoms with Gasteiger partial charge < -0.3 is 5.73 Å². The van der Waals surface area contributed by atoms with Crippen molar-refractivity contribution in [2.24, 2.45) is 0 Å². The molecule has 0 saturated carbocycles. The third-order valence-electron chi connectivity index (χ3n) is 6.61. The lowest BCUT2D eigenvalue weighted by molar-refractivity contribution is -0.119. The fourth-order valence-corrected chi connectivity index (χ4v) is 6.82. The molecule has 1 heterocycles. The molecule has 0 spiro atoms. The molecule has 0 atom stereocenters. The zero-order valence-corrected chi connectivity index (χ0v) is 24.5. The van der Waals surface area contributed by atoms with E-state index in [1.807, 2.05) is 0 Å². The number of carbonyl (C=O) groups is 1. The Bertz CT molecular complexity index is 933. The normalized spacial score (nSPS) is 14.6. The highest BCUT2D eigenvalue weighted by Gasteiger charge is 2.17. The summed E-state index contributed by atoms with van der Waals surface area (Å²) in [6.45, 7) is 2.26. The van der Waals surface area contributed by atoms with E-state index in [2.05, 4.69) is 11.6 Å². The third kappa shape index (κ3) is 17.5. The Kier molecular flexibility index (Phi) is 17.6. The van der Waals surface area contributed by atoms with E-state index in [0.717, 1.165) is 32.1 Å². The number of carbonyl (C=O) groups excluding carboxylic acids is 1. The lowest BCUT2D eigenvalue weighted by Crippen LogP contribution is -2.30. The average Bonchev–Trinajstić information content (AvgIpc) is 3.25. The van der Waals surface area contributed by atoms with Crippen LogP contribution in [0.1, 0.15) is 122 Å². The number of hydrogen-bond acceptors (Lipinski definition) is 6. The minimum atomic E-state index is -3.80. The highest BCUT2D eigenvalue weighted by Crippen LogP contribution is 2.15. The summed E-state index contributed by atoms with van der Waals surface area (Å²) < 4.78 is 47.3. The smallest absolute Gasteiger partial charge is 0.264 e. The highest BCUT2D eigenvalue weighted by molar-refractivity contribution is 7.91. The summed E-state index contributed by atoms with van der Waals surface area (Å²) in [5, 5.41) is 0. The highest BCUT2D eigenvalue weighted by atomic mass is 32.2. The monoisotopic (exact) mass is 558 g/mol. The number of nitrogen functional groups attached to an aromatic ring is 1. The number of nitrogens with two attached hydrogens (primary N) is 1. The van der Waals surface area contributed by atoms with Gasteiger partial charge in [-0.2, -0.15) is 0 Å². The molecule has 3 N–H and O–H groups in total. The van der Waals surface area contributed by atoms with Crippen LogP contribution in [-0.2, 0) is 24.7 Å². The van der Waals surface area contributed by atoms with E-state index in [1.54, 1.807) is 0 Å². The molecule has 37 heavy (non-hydrogen) atoms. The molecule has 0 unspecified atom stereocenters. The van der Waals surface area contributed by atoms with Crippen molar-refractivity contribution >= 4 is 31.5 Å². The largest absolute Gasteiger partial charge is 0.399 e. The van der Waals surface area contributed by atoms with Gasteiger partial charge in [-0.3, -0.25) is 4.79 Å². The number of amides is 1. The summed E-state index contributed by atoms with van der Waals surface area (Å²) in [7, 11) is -6.35. The Morgan fingerprint density at radius 1 is 0.757 bits per heavy atom. The molecule has 1 saturated heterocycles. The molecular formula is C28H50N2O5S2. The number of anilines is 1. The lowest BCUT2D eigenvalue weighted by atomic mass is 10.0. The van der Waals surface area contributed by atoms with Crippen LogP contribution in [0.2, 0.25) is 0 Å². The van der Waals surface area contributed by atoms with Crippen molar-refractivity contribution in [2.75, 3.05) is 17.2 Å². The Balaban J connectivity index is 0.000000836. The molecule has 9 heteroatoms. The van der Waals surface area contributed by atoms with Crippen molar-refractivity contribution < 1.29 is 21.6 Å². The van der Waals surface area contributed by atoms with Crippen LogP contribution in [0.15, 0.2) is 29.2 Å². The molecule has 1 aromatic carbocycles. The van der Waals surface area contributed by atoms with Gasteiger partial charge in [0.25, 0.3) is 10.0 Å². The Morgan fingerprint density at radius 3 is 1.54 bits per heavy atom. The van der Waals surface area contributed by atoms with Crippen molar-refractivity contribution in [3.63, 3.8) is 0 Å². The standard InChI is InChI=1S/C24H42N2O3S.C4H8O2S/c1-2-3-4-5-6-7-8-9-10-11-12-13-14-15-16-17-24(27)26-30(28,29)23-20-18-22(25)19-21-23;5-7(6)3-1-2-4-7/h18-21H,2-17,25H2,1H3,(H,26,27);1-4H2. The van der Waals surface area contributed by atoms with Gasteiger partial charge in [0.1, 0.15) is 9.84 Å². The van der Waals surface area contributed by atoms with Gasteiger partial charge in [-0.05, 0) is 43.5 Å². The van der Waals surface area contributed by atoms with Gasteiger partial charge >= 0.3 is 0 Å². The van der Waals surface area contributed by atoms with E-state index in [9.17, 15) is 21.6 Å². The summed E-state index contributed by atoms with van der Waals surface area (Å²) in [5.74, 6) is 0.404. The molecule has 2 rings (SSSR count). The zero-order chi connectivity index (χ0) is 27.4. The first kappa shape index (κ1) is 33.4. The topological polar surface area (TPSA) is 123 Å². The van der Waals surface area contributed by atoms with E-state index in [1.165, 1.54) is 101 Å². The Morgan fingerprint density at radius 2 is 1.16 bits per heavy atom. The third-order valence-corrected chi connectivity index (χ3v) is 9.82. The molecule has 1 aliphatic heterocycles. The maximum absolute atomic E-state index is 12.1. The molecule has 1 aliphatic rings. The van der Waals surface area contributed by atoms with E-state index in [-0.39, 0.29) is 11.3 Å². The van der Waals surface area contributed by atoms with Crippen LogP contribution < -0.4 is 10.5 Å². The van der Waals surface area contributed by atoms with Crippen molar-refractivity contribution in [3.8, 4) is 0 Å². The fraction of sp³-hybridized carbons (Fsp3) is 0.750. The van der Waals surface area contributed by atoms with Crippen molar-refractivity contribution in [3.05, 3.63) is 24.3 Å². The molecule has 0 bridgehead atoms. The zero-order valence-electron chi connectivity index (χ0n) is 22.9. The molecule has 1 amide bonds. The number of rotatable bonds is 18. The molecular weight excluding hydrogens is 508 g/mol. The second-order valence-corrected chi connectivity index (χ2v) is 14.1. The predicted molar refractivity (Wildman–Crippen MR) is 154 cm³/mol. The Hall–Kier alpha value is -1.61. The van der Waals surface area contributed by atoms with Crippen LogP contribution in [0, 0.1) is 0 Å². The number of sulfone groups is 1. The summed E-state index contributed by atoms with van der Waals surface area (Å²) in [4.78, 5) is 12.0.